The Hall–Kier alpha value is -2.49. The van der Waals surface area contributed by atoms with Crippen LogP contribution in [0.3, 0.4) is 0 Å². The van der Waals surface area contributed by atoms with Crippen molar-refractivity contribution in [1.29, 1.82) is 0 Å². The Labute approximate surface area is 164 Å². The number of amides is 2. The van der Waals surface area contributed by atoms with Crippen molar-refractivity contribution in [3.63, 3.8) is 0 Å². The van der Waals surface area contributed by atoms with E-state index in [-0.39, 0.29) is 6.04 Å². The number of urea groups is 1. The van der Waals surface area contributed by atoms with Crippen LogP contribution in [0.15, 0.2) is 47.6 Å². The van der Waals surface area contributed by atoms with E-state index in [1.165, 1.54) is 0 Å². The zero-order valence-corrected chi connectivity index (χ0v) is 15.8. The van der Waals surface area contributed by atoms with E-state index in [0.717, 1.165) is 19.4 Å². The second-order valence-corrected chi connectivity index (χ2v) is 7.35. The number of rotatable bonds is 5. The number of aromatic nitrogens is 2. The predicted octanol–water partition coefficient (Wildman–Crippen LogP) is 3.92. The standard InChI is InChI=1S/C18H20F3N5OS/c19-18(20,21)12-28-15-7-2-1-6-14(15)25-17(27)24-13-5-3-10-26(11-13)16-22-8-4-9-23-16/h1-2,4,6-9,13H,3,5,10-12H2,(H2,24,25,27). The molecular weight excluding hydrogens is 391 g/mol. The number of piperidine rings is 1. The highest BCUT2D eigenvalue weighted by Gasteiger charge is 2.28. The highest BCUT2D eigenvalue weighted by molar-refractivity contribution is 7.99. The van der Waals surface area contributed by atoms with E-state index >= 15 is 0 Å². The zero-order chi connectivity index (χ0) is 20.0. The van der Waals surface area contributed by atoms with Gasteiger partial charge in [-0.2, -0.15) is 13.2 Å². The molecule has 150 valence electrons. The van der Waals surface area contributed by atoms with Gasteiger partial charge in [0.1, 0.15) is 0 Å². The van der Waals surface area contributed by atoms with Gasteiger partial charge in [-0.3, -0.25) is 0 Å². The first kappa shape index (κ1) is 20.2. The summed E-state index contributed by atoms with van der Waals surface area (Å²) in [5.41, 5.74) is 0.355. The summed E-state index contributed by atoms with van der Waals surface area (Å²) in [6, 6.07) is 7.64. The quantitative estimate of drug-likeness (QED) is 0.730. The fourth-order valence-electron chi connectivity index (χ4n) is 2.93. The van der Waals surface area contributed by atoms with Crippen LogP contribution in [0.4, 0.5) is 29.6 Å². The lowest BCUT2D eigenvalue weighted by atomic mass is 10.1. The average molecular weight is 411 g/mol. The van der Waals surface area contributed by atoms with Crippen LogP contribution in [-0.4, -0.2) is 47.1 Å². The maximum atomic E-state index is 12.5. The van der Waals surface area contributed by atoms with E-state index < -0.39 is 18.0 Å². The number of hydrogen-bond donors (Lipinski definition) is 2. The van der Waals surface area contributed by atoms with Gasteiger partial charge in [0.25, 0.3) is 0 Å². The van der Waals surface area contributed by atoms with Crippen molar-refractivity contribution in [2.75, 3.05) is 29.1 Å². The van der Waals surface area contributed by atoms with Crippen molar-refractivity contribution in [3.8, 4) is 0 Å². The monoisotopic (exact) mass is 411 g/mol. The summed E-state index contributed by atoms with van der Waals surface area (Å²) in [6.07, 6.45) is 0.747. The highest BCUT2D eigenvalue weighted by atomic mass is 32.2. The number of carbonyl (C=O) groups is 1. The molecule has 0 bridgehead atoms. The number of alkyl halides is 3. The number of carbonyl (C=O) groups excluding carboxylic acids is 1. The maximum Gasteiger partial charge on any atom is 0.398 e. The van der Waals surface area contributed by atoms with Gasteiger partial charge < -0.3 is 15.5 Å². The van der Waals surface area contributed by atoms with E-state index in [0.29, 0.717) is 34.8 Å². The number of benzene rings is 1. The summed E-state index contributed by atoms with van der Waals surface area (Å²) in [5.74, 6) is -0.398. The van der Waals surface area contributed by atoms with Gasteiger partial charge in [0, 0.05) is 36.4 Å². The molecule has 1 saturated heterocycles. The molecule has 6 nitrogen and oxygen atoms in total. The van der Waals surface area contributed by atoms with Crippen molar-refractivity contribution < 1.29 is 18.0 Å². The first-order chi connectivity index (χ1) is 13.4. The minimum atomic E-state index is -4.27. The molecule has 1 atom stereocenters. The van der Waals surface area contributed by atoms with Crippen molar-refractivity contribution in [2.45, 2.75) is 30.0 Å². The molecule has 28 heavy (non-hydrogen) atoms. The highest BCUT2D eigenvalue weighted by Crippen LogP contribution is 2.32. The third-order valence-corrected chi connectivity index (χ3v) is 5.26. The van der Waals surface area contributed by atoms with Gasteiger partial charge in [-0.25, -0.2) is 14.8 Å². The Balaban J connectivity index is 1.57. The second-order valence-electron chi connectivity index (χ2n) is 6.33. The number of hydrogen-bond acceptors (Lipinski definition) is 5. The normalized spacial score (nSPS) is 17.2. The Kier molecular flexibility index (Phi) is 6.61. The van der Waals surface area contributed by atoms with Gasteiger partial charge in [0.05, 0.1) is 11.4 Å². The first-order valence-electron chi connectivity index (χ1n) is 8.79. The van der Waals surface area contributed by atoms with E-state index in [1.807, 2.05) is 4.90 Å². The van der Waals surface area contributed by atoms with Crippen molar-refractivity contribution in [2.24, 2.45) is 0 Å². The second kappa shape index (κ2) is 9.13. The minimum Gasteiger partial charge on any atom is -0.339 e. The van der Waals surface area contributed by atoms with Crippen LogP contribution in [0.25, 0.3) is 0 Å². The summed E-state index contributed by atoms with van der Waals surface area (Å²) in [4.78, 5) is 23.2. The molecule has 0 saturated carbocycles. The Morgan fingerprint density at radius 2 is 1.96 bits per heavy atom. The van der Waals surface area contributed by atoms with Crippen LogP contribution < -0.4 is 15.5 Å². The molecular formula is C18H20F3N5OS. The SMILES string of the molecule is O=C(Nc1ccccc1SCC(F)(F)F)NC1CCCN(c2ncccn2)C1. The molecule has 2 heterocycles. The van der Waals surface area contributed by atoms with Crippen LogP contribution >= 0.6 is 11.8 Å². The largest absolute Gasteiger partial charge is 0.398 e. The molecule has 1 fully saturated rings. The van der Waals surface area contributed by atoms with Crippen molar-refractivity contribution >= 4 is 29.4 Å². The summed E-state index contributed by atoms with van der Waals surface area (Å²) in [6.45, 7) is 1.38. The first-order valence-corrected chi connectivity index (χ1v) is 9.77. The molecule has 2 amide bonds. The number of para-hydroxylation sites is 1. The summed E-state index contributed by atoms with van der Waals surface area (Å²) in [7, 11) is 0. The summed E-state index contributed by atoms with van der Waals surface area (Å²) in [5, 5.41) is 5.55. The number of nitrogens with one attached hydrogen (secondary N) is 2. The molecule has 10 heteroatoms. The van der Waals surface area contributed by atoms with Gasteiger partial charge in [-0.1, -0.05) is 12.1 Å². The minimum absolute atomic E-state index is 0.104. The summed E-state index contributed by atoms with van der Waals surface area (Å²) >= 11 is 0.647. The molecule has 2 aromatic rings. The van der Waals surface area contributed by atoms with Crippen LogP contribution in [0.2, 0.25) is 0 Å². The van der Waals surface area contributed by atoms with E-state index in [4.69, 9.17) is 0 Å². The molecule has 1 aromatic carbocycles. The Bertz CT molecular complexity index is 790. The van der Waals surface area contributed by atoms with E-state index in [1.54, 1.807) is 42.7 Å². The fraction of sp³-hybridized carbons (Fsp3) is 0.389. The lowest BCUT2D eigenvalue weighted by molar-refractivity contribution is -0.105. The molecule has 1 aliphatic rings. The number of anilines is 2. The molecule has 0 spiro atoms. The van der Waals surface area contributed by atoms with Gasteiger partial charge >= 0.3 is 12.2 Å². The average Bonchev–Trinajstić information content (AvgIpc) is 2.67. The summed E-state index contributed by atoms with van der Waals surface area (Å²) < 4.78 is 37.5. The number of nitrogens with zero attached hydrogens (tertiary/aromatic N) is 3. The fourth-order valence-corrected chi connectivity index (χ4v) is 3.70. The smallest absolute Gasteiger partial charge is 0.339 e. The number of halogens is 3. The van der Waals surface area contributed by atoms with Crippen LogP contribution in [0.5, 0.6) is 0 Å². The third-order valence-electron chi connectivity index (χ3n) is 4.12. The van der Waals surface area contributed by atoms with Gasteiger partial charge in [-0.05, 0) is 31.0 Å². The van der Waals surface area contributed by atoms with Crippen LogP contribution in [0.1, 0.15) is 12.8 Å². The Morgan fingerprint density at radius 1 is 1.21 bits per heavy atom. The maximum absolute atomic E-state index is 12.5. The molecule has 2 N–H and O–H groups in total. The topological polar surface area (TPSA) is 70.2 Å². The molecule has 0 aliphatic carbocycles. The zero-order valence-electron chi connectivity index (χ0n) is 14.9. The molecule has 1 unspecified atom stereocenters. The van der Waals surface area contributed by atoms with Crippen LogP contribution in [-0.2, 0) is 0 Å². The van der Waals surface area contributed by atoms with Gasteiger partial charge in [-0.15, -0.1) is 11.8 Å². The van der Waals surface area contributed by atoms with Gasteiger partial charge in [0.2, 0.25) is 5.95 Å². The van der Waals surface area contributed by atoms with E-state index in [2.05, 4.69) is 20.6 Å². The molecule has 3 rings (SSSR count). The molecule has 0 radical (unpaired) electrons. The number of thioether (sulfide) groups is 1. The Morgan fingerprint density at radius 3 is 2.71 bits per heavy atom. The van der Waals surface area contributed by atoms with Crippen molar-refractivity contribution in [3.05, 3.63) is 42.7 Å². The van der Waals surface area contributed by atoms with E-state index in [9.17, 15) is 18.0 Å². The van der Waals surface area contributed by atoms with Gasteiger partial charge in [0.15, 0.2) is 0 Å². The molecule has 1 aromatic heterocycles. The predicted molar refractivity (Wildman–Crippen MR) is 103 cm³/mol. The third kappa shape index (κ3) is 6.01. The van der Waals surface area contributed by atoms with Crippen LogP contribution in [0, 0.1) is 0 Å². The molecule has 1 aliphatic heterocycles. The lowest BCUT2D eigenvalue weighted by Gasteiger charge is -2.33. The van der Waals surface area contributed by atoms with Crippen molar-refractivity contribution in [1.82, 2.24) is 15.3 Å². The lowest BCUT2D eigenvalue weighted by Crippen LogP contribution is -2.49.